The van der Waals surface area contributed by atoms with Gasteiger partial charge in [-0.25, -0.2) is 4.39 Å². The van der Waals surface area contributed by atoms with Crippen molar-refractivity contribution < 1.29 is 23.8 Å². The van der Waals surface area contributed by atoms with Crippen LogP contribution in [0.1, 0.15) is 31.2 Å². The second-order valence-corrected chi connectivity index (χ2v) is 4.76. The van der Waals surface area contributed by atoms with Crippen molar-refractivity contribution in [1.82, 2.24) is 0 Å². The molecule has 0 saturated heterocycles. The first-order valence-electron chi connectivity index (χ1n) is 6.21. The fourth-order valence-electron chi connectivity index (χ4n) is 2.89. The van der Waals surface area contributed by atoms with E-state index in [0.717, 1.165) is 12.8 Å². The molecule has 1 aliphatic rings. The zero-order chi connectivity index (χ0) is 14.0. The van der Waals surface area contributed by atoms with Crippen molar-refractivity contribution in [3.8, 4) is 11.5 Å². The van der Waals surface area contributed by atoms with Crippen LogP contribution in [-0.2, 0) is 10.2 Å². The van der Waals surface area contributed by atoms with Crippen molar-refractivity contribution in [3.05, 3.63) is 23.5 Å². The van der Waals surface area contributed by atoms with Crippen LogP contribution < -0.4 is 9.47 Å². The molecule has 0 amide bonds. The van der Waals surface area contributed by atoms with Crippen molar-refractivity contribution in [3.63, 3.8) is 0 Å². The largest absolute Gasteiger partial charge is 0.492 e. The summed E-state index contributed by atoms with van der Waals surface area (Å²) in [4.78, 5) is 11.7. The summed E-state index contributed by atoms with van der Waals surface area (Å²) >= 11 is 0. The van der Waals surface area contributed by atoms with Gasteiger partial charge in [-0.1, -0.05) is 18.9 Å². The lowest BCUT2D eigenvalue weighted by atomic mass is 9.78. The van der Waals surface area contributed by atoms with E-state index in [-0.39, 0.29) is 11.5 Å². The van der Waals surface area contributed by atoms with Gasteiger partial charge in [0.05, 0.1) is 19.6 Å². The Morgan fingerprint density at radius 1 is 1.21 bits per heavy atom. The molecule has 0 bridgehead atoms. The van der Waals surface area contributed by atoms with Gasteiger partial charge >= 0.3 is 5.97 Å². The molecule has 1 aliphatic carbocycles. The number of ether oxygens (including phenoxy) is 2. The van der Waals surface area contributed by atoms with Gasteiger partial charge in [0.2, 0.25) is 0 Å². The summed E-state index contributed by atoms with van der Waals surface area (Å²) < 4.78 is 23.9. The third-order valence-electron chi connectivity index (χ3n) is 3.85. The Kier molecular flexibility index (Phi) is 3.64. The minimum atomic E-state index is -0.994. The summed E-state index contributed by atoms with van der Waals surface area (Å²) in [6, 6.07) is 2.73. The van der Waals surface area contributed by atoms with Gasteiger partial charge in [-0.2, -0.15) is 0 Å². The van der Waals surface area contributed by atoms with E-state index in [1.54, 1.807) is 0 Å². The number of benzene rings is 1. The number of rotatable bonds is 4. The molecule has 0 aliphatic heterocycles. The van der Waals surface area contributed by atoms with E-state index in [4.69, 9.17) is 9.47 Å². The lowest BCUT2D eigenvalue weighted by Crippen LogP contribution is -2.33. The van der Waals surface area contributed by atoms with E-state index >= 15 is 0 Å². The second-order valence-electron chi connectivity index (χ2n) is 4.76. The summed E-state index contributed by atoms with van der Waals surface area (Å²) in [7, 11) is 2.73. The maximum Gasteiger partial charge on any atom is 0.314 e. The summed E-state index contributed by atoms with van der Waals surface area (Å²) in [6.45, 7) is 0. The highest BCUT2D eigenvalue weighted by Crippen LogP contribution is 2.48. The normalized spacial score (nSPS) is 17.2. The van der Waals surface area contributed by atoms with E-state index in [0.29, 0.717) is 18.4 Å². The van der Waals surface area contributed by atoms with Crippen LogP contribution >= 0.6 is 0 Å². The van der Waals surface area contributed by atoms with Crippen LogP contribution in [0.5, 0.6) is 11.5 Å². The Morgan fingerprint density at radius 2 is 1.79 bits per heavy atom. The van der Waals surface area contributed by atoms with Crippen molar-refractivity contribution in [2.24, 2.45) is 0 Å². The number of halogens is 1. The van der Waals surface area contributed by atoms with Gasteiger partial charge < -0.3 is 14.6 Å². The quantitative estimate of drug-likeness (QED) is 0.912. The first-order chi connectivity index (χ1) is 9.06. The first kappa shape index (κ1) is 13.6. The molecule has 0 radical (unpaired) electrons. The molecule has 0 atom stereocenters. The number of carboxylic acids is 1. The van der Waals surface area contributed by atoms with Crippen LogP contribution in [0.25, 0.3) is 0 Å². The molecule has 19 heavy (non-hydrogen) atoms. The van der Waals surface area contributed by atoms with E-state index in [9.17, 15) is 14.3 Å². The molecule has 0 aromatic heterocycles. The maximum absolute atomic E-state index is 13.7. The number of aliphatic carboxylic acids is 1. The fourth-order valence-corrected chi connectivity index (χ4v) is 2.89. The molecular weight excluding hydrogens is 251 g/mol. The number of hydrogen-bond acceptors (Lipinski definition) is 3. The van der Waals surface area contributed by atoms with Crippen LogP contribution in [0, 0.1) is 5.82 Å². The standard InChI is InChI=1S/C14H17FO4/c1-18-11-9(5-6-10(15)12(11)19-2)14(13(16)17)7-3-4-8-14/h5-6H,3-4,7-8H2,1-2H3,(H,16,17). The van der Waals surface area contributed by atoms with Crippen molar-refractivity contribution in [2.45, 2.75) is 31.1 Å². The minimum Gasteiger partial charge on any atom is -0.492 e. The summed E-state index contributed by atoms with van der Waals surface area (Å²) in [5.74, 6) is -1.29. The molecule has 0 unspecified atom stereocenters. The summed E-state index contributed by atoms with van der Waals surface area (Å²) in [6.07, 6.45) is 2.76. The average molecular weight is 268 g/mol. The van der Waals surface area contributed by atoms with Crippen molar-refractivity contribution in [2.75, 3.05) is 14.2 Å². The van der Waals surface area contributed by atoms with E-state index in [1.165, 1.54) is 26.4 Å². The summed E-state index contributed by atoms with van der Waals surface area (Å²) in [5.41, 5.74) is -0.495. The highest BCUT2D eigenvalue weighted by Gasteiger charge is 2.45. The van der Waals surface area contributed by atoms with Crippen LogP contribution in [0.4, 0.5) is 4.39 Å². The molecule has 1 aromatic carbocycles. The molecular formula is C14H17FO4. The van der Waals surface area contributed by atoms with Crippen molar-refractivity contribution in [1.29, 1.82) is 0 Å². The van der Waals surface area contributed by atoms with E-state index in [1.807, 2.05) is 0 Å². The smallest absolute Gasteiger partial charge is 0.314 e. The average Bonchev–Trinajstić information content (AvgIpc) is 2.88. The predicted molar refractivity (Wildman–Crippen MR) is 67.3 cm³/mol. The van der Waals surface area contributed by atoms with Crippen LogP contribution in [-0.4, -0.2) is 25.3 Å². The molecule has 4 nitrogen and oxygen atoms in total. The van der Waals surface area contributed by atoms with Crippen LogP contribution in [0.15, 0.2) is 12.1 Å². The molecule has 1 saturated carbocycles. The van der Waals surface area contributed by atoms with Gasteiger partial charge in [0.15, 0.2) is 17.3 Å². The minimum absolute atomic E-state index is 0.0347. The molecule has 0 heterocycles. The SMILES string of the molecule is COc1c(F)ccc(C2(C(=O)O)CCCC2)c1OC. The third kappa shape index (κ3) is 2.03. The molecule has 1 fully saturated rings. The topological polar surface area (TPSA) is 55.8 Å². The van der Waals surface area contributed by atoms with Gasteiger partial charge in [-0.3, -0.25) is 4.79 Å². The zero-order valence-electron chi connectivity index (χ0n) is 11.0. The van der Waals surface area contributed by atoms with Crippen LogP contribution in [0.2, 0.25) is 0 Å². The van der Waals surface area contributed by atoms with Gasteiger partial charge in [-0.15, -0.1) is 0 Å². The zero-order valence-corrected chi connectivity index (χ0v) is 11.0. The molecule has 104 valence electrons. The highest BCUT2D eigenvalue weighted by molar-refractivity contribution is 5.83. The Hall–Kier alpha value is -1.78. The van der Waals surface area contributed by atoms with Gasteiger partial charge in [-0.05, 0) is 18.9 Å². The van der Waals surface area contributed by atoms with E-state index in [2.05, 4.69) is 0 Å². The Labute approximate surface area is 111 Å². The fraction of sp³-hybridized carbons (Fsp3) is 0.500. The molecule has 5 heteroatoms. The number of carboxylic acid groups (broad SMARTS) is 1. The van der Waals surface area contributed by atoms with Gasteiger partial charge in [0.25, 0.3) is 0 Å². The third-order valence-corrected chi connectivity index (χ3v) is 3.85. The highest BCUT2D eigenvalue weighted by atomic mass is 19.1. The number of carbonyl (C=O) groups is 1. The lowest BCUT2D eigenvalue weighted by Gasteiger charge is -2.27. The summed E-state index contributed by atoms with van der Waals surface area (Å²) in [5, 5.41) is 9.58. The Morgan fingerprint density at radius 3 is 2.26 bits per heavy atom. The van der Waals surface area contributed by atoms with Crippen molar-refractivity contribution >= 4 is 5.97 Å². The number of methoxy groups -OCH3 is 2. The van der Waals surface area contributed by atoms with Crippen LogP contribution in [0.3, 0.4) is 0 Å². The second kappa shape index (κ2) is 5.07. The van der Waals surface area contributed by atoms with E-state index < -0.39 is 17.2 Å². The lowest BCUT2D eigenvalue weighted by molar-refractivity contribution is -0.143. The molecule has 2 rings (SSSR count). The molecule has 1 aromatic rings. The maximum atomic E-state index is 13.7. The number of hydrogen-bond donors (Lipinski definition) is 1. The Balaban J connectivity index is 2.64. The molecule has 0 spiro atoms. The predicted octanol–water partition coefficient (Wildman–Crippen LogP) is 2.74. The van der Waals surface area contributed by atoms with Gasteiger partial charge in [0, 0.05) is 5.56 Å². The Bertz CT molecular complexity index is 492. The monoisotopic (exact) mass is 268 g/mol. The van der Waals surface area contributed by atoms with Gasteiger partial charge in [0.1, 0.15) is 0 Å². The molecule has 1 N–H and O–H groups in total. The first-order valence-corrected chi connectivity index (χ1v) is 6.21.